The largest absolute Gasteiger partial charge is 0.287 e. The summed E-state index contributed by atoms with van der Waals surface area (Å²) in [6, 6.07) is 6.10. The molecule has 3 aromatic rings. The van der Waals surface area contributed by atoms with Crippen molar-refractivity contribution in [3.63, 3.8) is 0 Å². The number of hydrogen-bond acceptors (Lipinski definition) is 4. The van der Waals surface area contributed by atoms with E-state index in [0.717, 1.165) is 11.1 Å². The lowest BCUT2D eigenvalue weighted by Gasteiger charge is -2.15. The SMILES string of the molecule is Cc1csc(N(C)C(=O)c2cc3ccc(F)cc3nc2C)n1. The number of rotatable bonds is 2. The average molecular weight is 315 g/mol. The van der Waals surface area contributed by atoms with E-state index in [2.05, 4.69) is 9.97 Å². The lowest BCUT2D eigenvalue weighted by molar-refractivity contribution is 0.0992. The predicted molar refractivity (Wildman–Crippen MR) is 86.0 cm³/mol. The number of halogens is 1. The van der Waals surface area contributed by atoms with Gasteiger partial charge in [0.05, 0.1) is 22.5 Å². The molecule has 2 aromatic heterocycles. The van der Waals surface area contributed by atoms with E-state index in [9.17, 15) is 9.18 Å². The van der Waals surface area contributed by atoms with Crippen LogP contribution in [0, 0.1) is 19.7 Å². The summed E-state index contributed by atoms with van der Waals surface area (Å²) in [5.41, 5.74) is 2.49. The molecule has 0 aliphatic rings. The zero-order valence-corrected chi connectivity index (χ0v) is 13.2. The first-order valence-corrected chi connectivity index (χ1v) is 7.61. The molecule has 0 saturated heterocycles. The van der Waals surface area contributed by atoms with Crippen molar-refractivity contribution >= 4 is 33.3 Å². The number of aryl methyl sites for hydroxylation is 2. The molecular formula is C16H14FN3OS. The van der Waals surface area contributed by atoms with Gasteiger partial charge >= 0.3 is 0 Å². The standard InChI is InChI=1S/C16H14FN3OS/c1-9-8-22-16(18-9)20(3)15(21)13-6-11-4-5-12(17)7-14(11)19-10(13)2/h4-8H,1-3H3. The Morgan fingerprint density at radius 1 is 1.23 bits per heavy atom. The molecule has 0 N–H and O–H groups in total. The Labute approximate surface area is 131 Å². The molecule has 22 heavy (non-hydrogen) atoms. The molecule has 1 amide bonds. The van der Waals surface area contributed by atoms with Crippen molar-refractivity contribution in [1.29, 1.82) is 0 Å². The molecular weight excluding hydrogens is 301 g/mol. The van der Waals surface area contributed by atoms with Crippen molar-refractivity contribution in [2.75, 3.05) is 11.9 Å². The minimum absolute atomic E-state index is 0.175. The number of nitrogens with zero attached hydrogens (tertiary/aromatic N) is 3. The van der Waals surface area contributed by atoms with Crippen LogP contribution in [0.4, 0.5) is 9.52 Å². The molecule has 1 aromatic carbocycles. The zero-order valence-electron chi connectivity index (χ0n) is 12.4. The summed E-state index contributed by atoms with van der Waals surface area (Å²) in [5.74, 6) is -0.514. The quantitative estimate of drug-likeness (QED) is 0.724. The first-order valence-electron chi connectivity index (χ1n) is 6.73. The monoisotopic (exact) mass is 315 g/mol. The number of benzene rings is 1. The maximum Gasteiger partial charge on any atom is 0.261 e. The second-order valence-electron chi connectivity index (χ2n) is 5.09. The highest BCUT2D eigenvalue weighted by Gasteiger charge is 2.19. The van der Waals surface area contributed by atoms with Crippen LogP contribution in [-0.2, 0) is 0 Å². The summed E-state index contributed by atoms with van der Waals surface area (Å²) in [6.07, 6.45) is 0. The van der Waals surface area contributed by atoms with Crippen LogP contribution in [-0.4, -0.2) is 22.9 Å². The van der Waals surface area contributed by atoms with E-state index < -0.39 is 0 Å². The van der Waals surface area contributed by atoms with Crippen LogP contribution in [0.1, 0.15) is 21.7 Å². The number of carbonyl (C=O) groups excluding carboxylic acids is 1. The van der Waals surface area contributed by atoms with Gasteiger partial charge in [-0.25, -0.2) is 9.37 Å². The van der Waals surface area contributed by atoms with Crippen molar-refractivity contribution in [3.05, 3.63) is 52.4 Å². The smallest absolute Gasteiger partial charge is 0.261 e. The summed E-state index contributed by atoms with van der Waals surface area (Å²) >= 11 is 1.42. The van der Waals surface area contributed by atoms with Gasteiger partial charge in [-0.05, 0) is 32.0 Å². The number of amides is 1. The van der Waals surface area contributed by atoms with Crippen molar-refractivity contribution in [1.82, 2.24) is 9.97 Å². The fourth-order valence-electron chi connectivity index (χ4n) is 2.22. The van der Waals surface area contributed by atoms with Gasteiger partial charge in [0.15, 0.2) is 5.13 Å². The molecule has 0 atom stereocenters. The van der Waals surface area contributed by atoms with Crippen molar-refractivity contribution in [2.45, 2.75) is 13.8 Å². The van der Waals surface area contributed by atoms with Gasteiger partial charge in [-0.1, -0.05) is 0 Å². The number of fused-ring (bicyclic) bond motifs is 1. The topological polar surface area (TPSA) is 46.1 Å². The van der Waals surface area contributed by atoms with Gasteiger partial charge in [0.1, 0.15) is 5.82 Å². The van der Waals surface area contributed by atoms with Gasteiger partial charge in [-0.3, -0.25) is 14.7 Å². The average Bonchev–Trinajstić information content (AvgIpc) is 2.91. The van der Waals surface area contributed by atoms with Crippen LogP contribution in [0.5, 0.6) is 0 Å². The lowest BCUT2D eigenvalue weighted by Crippen LogP contribution is -2.27. The normalized spacial score (nSPS) is 10.9. The van der Waals surface area contributed by atoms with E-state index in [0.29, 0.717) is 21.9 Å². The summed E-state index contributed by atoms with van der Waals surface area (Å²) in [4.78, 5) is 22.8. The number of hydrogen-bond donors (Lipinski definition) is 0. The van der Waals surface area contributed by atoms with E-state index in [1.54, 1.807) is 26.1 Å². The molecule has 0 bridgehead atoms. The van der Waals surface area contributed by atoms with Crippen LogP contribution in [0.2, 0.25) is 0 Å². The molecule has 112 valence electrons. The van der Waals surface area contributed by atoms with Gasteiger partial charge in [0.2, 0.25) is 0 Å². The molecule has 0 aliphatic carbocycles. The molecule has 0 radical (unpaired) electrons. The van der Waals surface area contributed by atoms with E-state index >= 15 is 0 Å². The van der Waals surface area contributed by atoms with Gasteiger partial charge in [-0.2, -0.15) is 0 Å². The molecule has 2 heterocycles. The predicted octanol–water partition coefficient (Wildman–Crippen LogP) is 3.72. The molecule has 6 heteroatoms. The number of pyridine rings is 1. The Morgan fingerprint density at radius 2 is 2.00 bits per heavy atom. The summed E-state index contributed by atoms with van der Waals surface area (Å²) < 4.78 is 13.3. The van der Waals surface area contributed by atoms with Crippen LogP contribution < -0.4 is 4.90 Å². The third-order valence-electron chi connectivity index (χ3n) is 3.40. The molecule has 0 saturated carbocycles. The number of thiazole rings is 1. The van der Waals surface area contributed by atoms with Gasteiger partial charge in [-0.15, -0.1) is 11.3 Å². The van der Waals surface area contributed by atoms with E-state index in [4.69, 9.17) is 0 Å². The van der Waals surface area contributed by atoms with Gasteiger partial charge in [0.25, 0.3) is 5.91 Å². The van der Waals surface area contributed by atoms with E-state index in [-0.39, 0.29) is 11.7 Å². The molecule has 0 unspecified atom stereocenters. The third-order valence-corrected chi connectivity index (χ3v) is 4.43. The van der Waals surface area contributed by atoms with Crippen molar-refractivity contribution in [2.24, 2.45) is 0 Å². The Bertz CT molecular complexity index is 875. The van der Waals surface area contributed by atoms with Gasteiger partial charge in [0, 0.05) is 23.9 Å². The summed E-state index contributed by atoms with van der Waals surface area (Å²) in [5, 5.41) is 3.27. The highest BCUT2D eigenvalue weighted by atomic mass is 32.1. The van der Waals surface area contributed by atoms with Crippen LogP contribution in [0.25, 0.3) is 10.9 Å². The van der Waals surface area contributed by atoms with Crippen LogP contribution in [0.15, 0.2) is 29.6 Å². The maximum absolute atomic E-state index is 13.3. The molecule has 0 aliphatic heterocycles. The first-order chi connectivity index (χ1) is 10.5. The van der Waals surface area contributed by atoms with Crippen LogP contribution in [0.3, 0.4) is 0 Å². The fourth-order valence-corrected chi connectivity index (χ4v) is 2.98. The second kappa shape index (κ2) is 5.46. The second-order valence-corrected chi connectivity index (χ2v) is 5.93. The van der Waals surface area contributed by atoms with E-state index in [1.807, 2.05) is 12.3 Å². The minimum Gasteiger partial charge on any atom is -0.287 e. The molecule has 4 nitrogen and oxygen atoms in total. The molecule has 0 spiro atoms. The highest BCUT2D eigenvalue weighted by Crippen LogP contribution is 2.23. The first kappa shape index (κ1) is 14.6. The highest BCUT2D eigenvalue weighted by molar-refractivity contribution is 7.14. The van der Waals surface area contributed by atoms with E-state index in [1.165, 1.54) is 28.4 Å². The Kier molecular flexibility index (Phi) is 3.62. The number of aromatic nitrogens is 2. The number of carbonyl (C=O) groups is 1. The fraction of sp³-hybridized carbons (Fsp3) is 0.188. The minimum atomic E-state index is -0.339. The Balaban J connectivity index is 2.03. The summed E-state index contributed by atoms with van der Waals surface area (Å²) in [6.45, 7) is 3.63. The van der Waals surface area contributed by atoms with Crippen molar-refractivity contribution < 1.29 is 9.18 Å². The molecule has 3 rings (SSSR count). The van der Waals surface area contributed by atoms with Crippen molar-refractivity contribution in [3.8, 4) is 0 Å². The Morgan fingerprint density at radius 3 is 2.68 bits per heavy atom. The number of anilines is 1. The van der Waals surface area contributed by atoms with Gasteiger partial charge < -0.3 is 0 Å². The molecule has 0 fully saturated rings. The summed E-state index contributed by atoms with van der Waals surface area (Å²) in [7, 11) is 1.69. The zero-order chi connectivity index (χ0) is 15.9. The third kappa shape index (κ3) is 2.57. The Hall–Kier alpha value is -2.34. The maximum atomic E-state index is 13.3. The van der Waals surface area contributed by atoms with Crippen LogP contribution >= 0.6 is 11.3 Å². The lowest BCUT2D eigenvalue weighted by atomic mass is 10.1.